The second-order valence-corrected chi connectivity index (χ2v) is 7.92. The fourth-order valence-electron chi connectivity index (χ4n) is 3.92. The molecule has 1 unspecified atom stereocenters. The van der Waals surface area contributed by atoms with Gasteiger partial charge in [0.15, 0.2) is 0 Å². The molecular weight excluding hydrogens is 420 g/mol. The molecule has 2 amide bonds. The van der Waals surface area contributed by atoms with Gasteiger partial charge in [-0.1, -0.05) is 36.8 Å². The smallest absolute Gasteiger partial charge is 0.325 e. The number of hydrogen-bond donors (Lipinski definition) is 1. The number of aromatic nitrogens is 2. The van der Waals surface area contributed by atoms with E-state index < -0.39 is 18.0 Å². The third-order valence-corrected chi connectivity index (χ3v) is 5.56. The molecule has 2 aromatic carbocycles. The summed E-state index contributed by atoms with van der Waals surface area (Å²) in [6, 6.07) is 12.1. The van der Waals surface area contributed by atoms with E-state index in [0.717, 1.165) is 16.8 Å². The fraction of sp³-hybridized carbons (Fsp3) is 0.360. The van der Waals surface area contributed by atoms with Gasteiger partial charge in [0.25, 0.3) is 5.56 Å². The van der Waals surface area contributed by atoms with Crippen LogP contribution in [0, 0.1) is 13.8 Å². The van der Waals surface area contributed by atoms with Crippen molar-refractivity contribution in [3.05, 3.63) is 69.8 Å². The first-order valence-electron chi connectivity index (χ1n) is 11.0. The van der Waals surface area contributed by atoms with Crippen LogP contribution in [-0.2, 0) is 9.53 Å². The fourth-order valence-corrected chi connectivity index (χ4v) is 3.92. The summed E-state index contributed by atoms with van der Waals surface area (Å²) in [5.74, 6) is -0.0507. The van der Waals surface area contributed by atoms with Gasteiger partial charge in [-0.15, -0.1) is 0 Å². The van der Waals surface area contributed by atoms with E-state index in [1.54, 1.807) is 30.7 Å². The van der Waals surface area contributed by atoms with Gasteiger partial charge in [0, 0.05) is 7.05 Å². The molecule has 8 heteroatoms. The van der Waals surface area contributed by atoms with E-state index >= 15 is 0 Å². The number of benzene rings is 2. The normalized spacial score (nSPS) is 11.8. The first kappa shape index (κ1) is 24.0. The summed E-state index contributed by atoms with van der Waals surface area (Å²) < 4.78 is 6.47. The highest BCUT2D eigenvalue weighted by molar-refractivity contribution is 5.81. The Hall–Kier alpha value is -3.68. The number of aryl methyl sites for hydroxylation is 2. The van der Waals surface area contributed by atoms with Crippen molar-refractivity contribution in [1.82, 2.24) is 19.8 Å². The molecule has 0 radical (unpaired) electrons. The third kappa shape index (κ3) is 5.05. The zero-order valence-corrected chi connectivity index (χ0v) is 19.7. The molecule has 174 valence electrons. The number of nitrogens with zero attached hydrogens (tertiary/aromatic N) is 3. The first-order valence-corrected chi connectivity index (χ1v) is 11.0. The van der Waals surface area contributed by atoms with Gasteiger partial charge in [0.2, 0.25) is 0 Å². The Morgan fingerprint density at radius 3 is 2.55 bits per heavy atom. The minimum absolute atomic E-state index is 0.193. The molecule has 0 aliphatic heterocycles. The Bertz CT molecular complexity index is 1230. The largest absolute Gasteiger partial charge is 0.465 e. The lowest BCUT2D eigenvalue weighted by molar-refractivity contribution is -0.141. The predicted octanol–water partition coefficient (Wildman–Crippen LogP) is 3.66. The van der Waals surface area contributed by atoms with Crippen molar-refractivity contribution in [1.29, 1.82) is 0 Å². The van der Waals surface area contributed by atoms with Crippen molar-refractivity contribution in [3.8, 4) is 5.69 Å². The lowest BCUT2D eigenvalue weighted by atomic mass is 10.1. The van der Waals surface area contributed by atoms with E-state index in [1.165, 1.54) is 4.90 Å². The maximum atomic E-state index is 13.6. The van der Waals surface area contributed by atoms with Crippen LogP contribution < -0.4 is 10.9 Å². The molecule has 3 rings (SSSR count). The molecule has 0 aliphatic rings. The lowest BCUT2D eigenvalue weighted by Crippen LogP contribution is -2.43. The van der Waals surface area contributed by atoms with Crippen LogP contribution in [0.4, 0.5) is 4.79 Å². The van der Waals surface area contributed by atoms with Gasteiger partial charge in [0.05, 0.1) is 29.2 Å². The molecule has 33 heavy (non-hydrogen) atoms. The van der Waals surface area contributed by atoms with Gasteiger partial charge in [0.1, 0.15) is 12.4 Å². The van der Waals surface area contributed by atoms with E-state index in [1.807, 2.05) is 51.1 Å². The van der Waals surface area contributed by atoms with Crippen LogP contribution in [0.1, 0.15) is 43.3 Å². The Labute approximate surface area is 193 Å². The van der Waals surface area contributed by atoms with Gasteiger partial charge < -0.3 is 15.0 Å². The number of fused-ring (bicyclic) bond motifs is 1. The van der Waals surface area contributed by atoms with Crippen molar-refractivity contribution in [2.45, 2.75) is 40.2 Å². The quantitative estimate of drug-likeness (QED) is 0.555. The monoisotopic (exact) mass is 450 g/mol. The van der Waals surface area contributed by atoms with Crippen molar-refractivity contribution < 1.29 is 14.3 Å². The molecular formula is C25H30N4O4. The molecule has 0 saturated carbocycles. The molecule has 0 fully saturated rings. The maximum Gasteiger partial charge on any atom is 0.325 e. The topological polar surface area (TPSA) is 93.5 Å². The summed E-state index contributed by atoms with van der Waals surface area (Å²) in [4.78, 5) is 44.4. The van der Waals surface area contributed by atoms with Gasteiger partial charge in [-0.3, -0.25) is 14.2 Å². The molecule has 0 aliphatic carbocycles. The molecule has 0 saturated heterocycles. The van der Waals surface area contributed by atoms with E-state index in [4.69, 9.17) is 9.72 Å². The van der Waals surface area contributed by atoms with Crippen LogP contribution in [-0.4, -0.2) is 46.7 Å². The zero-order chi connectivity index (χ0) is 24.1. The second kappa shape index (κ2) is 10.3. The second-order valence-electron chi connectivity index (χ2n) is 7.92. The van der Waals surface area contributed by atoms with Crippen LogP contribution >= 0.6 is 0 Å². The summed E-state index contributed by atoms with van der Waals surface area (Å²) >= 11 is 0. The Kier molecular flexibility index (Phi) is 7.48. The van der Waals surface area contributed by atoms with E-state index in [0.29, 0.717) is 23.1 Å². The standard InChI is InChI=1S/C25H30N4O4/c1-6-20(28(5)25(32)26-15-22(30)33-7-2)23-27-19-11-9-8-10-18(19)24(31)29(23)21-13-12-16(3)14-17(21)4/h8-14,20H,6-7,15H2,1-5H3,(H,26,32). The van der Waals surface area contributed by atoms with E-state index in [2.05, 4.69) is 5.32 Å². The highest BCUT2D eigenvalue weighted by Gasteiger charge is 2.27. The Morgan fingerprint density at radius 2 is 1.88 bits per heavy atom. The number of para-hydroxylation sites is 1. The van der Waals surface area contributed by atoms with Gasteiger partial charge in [-0.25, -0.2) is 9.78 Å². The van der Waals surface area contributed by atoms with Crippen molar-refractivity contribution >= 4 is 22.9 Å². The minimum Gasteiger partial charge on any atom is -0.465 e. The Balaban J connectivity index is 2.12. The molecule has 1 heterocycles. The van der Waals surface area contributed by atoms with Crippen molar-refractivity contribution in [2.24, 2.45) is 0 Å². The molecule has 3 aromatic rings. The molecule has 1 N–H and O–H groups in total. The number of amides is 2. The van der Waals surface area contributed by atoms with Crippen molar-refractivity contribution in [3.63, 3.8) is 0 Å². The summed E-state index contributed by atoms with van der Waals surface area (Å²) in [6.07, 6.45) is 0.513. The number of urea groups is 1. The van der Waals surface area contributed by atoms with Crippen LogP contribution in [0.25, 0.3) is 16.6 Å². The average Bonchev–Trinajstić information content (AvgIpc) is 2.79. The van der Waals surface area contributed by atoms with Crippen molar-refractivity contribution in [2.75, 3.05) is 20.2 Å². The number of carbonyl (C=O) groups is 2. The molecule has 8 nitrogen and oxygen atoms in total. The number of esters is 1. The first-order chi connectivity index (χ1) is 15.8. The summed E-state index contributed by atoms with van der Waals surface area (Å²) in [7, 11) is 1.63. The highest BCUT2D eigenvalue weighted by atomic mass is 16.5. The average molecular weight is 451 g/mol. The van der Waals surface area contributed by atoms with Crippen LogP contribution in [0.3, 0.4) is 0 Å². The number of ether oxygens (including phenoxy) is 1. The summed E-state index contributed by atoms with van der Waals surface area (Å²) in [5.41, 5.74) is 3.11. The SMILES string of the molecule is CCOC(=O)CNC(=O)N(C)C(CC)c1nc2ccccc2c(=O)n1-c1ccc(C)cc1C. The number of hydrogen-bond acceptors (Lipinski definition) is 5. The molecule has 1 aromatic heterocycles. The van der Waals surface area contributed by atoms with Gasteiger partial charge >= 0.3 is 12.0 Å². The van der Waals surface area contributed by atoms with Crippen LogP contribution in [0.2, 0.25) is 0 Å². The number of rotatable bonds is 7. The number of nitrogens with one attached hydrogen (secondary N) is 1. The lowest BCUT2D eigenvalue weighted by Gasteiger charge is -2.29. The summed E-state index contributed by atoms with van der Waals surface area (Å²) in [6.45, 7) is 7.58. The zero-order valence-electron chi connectivity index (χ0n) is 19.7. The highest BCUT2D eigenvalue weighted by Crippen LogP contribution is 2.26. The van der Waals surface area contributed by atoms with E-state index in [-0.39, 0.29) is 18.7 Å². The third-order valence-electron chi connectivity index (χ3n) is 5.56. The van der Waals surface area contributed by atoms with Crippen LogP contribution in [0.15, 0.2) is 47.3 Å². The van der Waals surface area contributed by atoms with E-state index in [9.17, 15) is 14.4 Å². The molecule has 0 bridgehead atoms. The van der Waals surface area contributed by atoms with Crippen LogP contribution in [0.5, 0.6) is 0 Å². The minimum atomic E-state index is -0.511. The predicted molar refractivity (Wildman–Crippen MR) is 128 cm³/mol. The molecule has 1 atom stereocenters. The maximum absolute atomic E-state index is 13.6. The van der Waals surface area contributed by atoms with Gasteiger partial charge in [-0.05, 0) is 51.0 Å². The number of carbonyl (C=O) groups excluding carboxylic acids is 2. The van der Waals surface area contributed by atoms with Gasteiger partial charge in [-0.2, -0.15) is 0 Å². The molecule has 0 spiro atoms. The Morgan fingerprint density at radius 1 is 1.15 bits per heavy atom. The summed E-state index contributed by atoms with van der Waals surface area (Å²) in [5, 5.41) is 3.08.